The van der Waals surface area contributed by atoms with Gasteiger partial charge in [0.1, 0.15) is 0 Å². The van der Waals surface area contributed by atoms with E-state index in [4.69, 9.17) is 5.26 Å². The van der Waals surface area contributed by atoms with E-state index >= 15 is 0 Å². The predicted octanol–water partition coefficient (Wildman–Crippen LogP) is 1.09. The van der Waals surface area contributed by atoms with E-state index in [0.29, 0.717) is 24.0 Å². The van der Waals surface area contributed by atoms with Crippen molar-refractivity contribution in [2.24, 2.45) is 4.99 Å². The van der Waals surface area contributed by atoms with Crippen molar-refractivity contribution >= 4 is 16.0 Å². The molecule has 0 aliphatic carbocycles. The number of hydrogen-bond acceptors (Lipinski definition) is 3. The molecule has 1 aliphatic rings. The molecule has 0 radical (unpaired) electrons. The van der Waals surface area contributed by atoms with Crippen LogP contribution in [-0.2, 0) is 17.3 Å². The van der Waals surface area contributed by atoms with Crippen LogP contribution in [0.5, 0.6) is 0 Å². The van der Waals surface area contributed by atoms with E-state index < -0.39 is 10.8 Å². The van der Waals surface area contributed by atoms with Gasteiger partial charge in [-0.3, -0.25) is 4.21 Å². The second-order valence-electron chi connectivity index (χ2n) is 3.45. The lowest BCUT2D eigenvalue weighted by molar-refractivity contribution is 0.457. The number of rotatable bonds is 2. The molecule has 82 valence electrons. The molecule has 2 rings (SSSR count). The fraction of sp³-hybridized carbons (Fsp3) is 0.273. The van der Waals surface area contributed by atoms with Crippen molar-refractivity contribution in [1.82, 2.24) is 4.90 Å². The van der Waals surface area contributed by atoms with Crippen molar-refractivity contribution in [3.05, 3.63) is 35.9 Å². The summed E-state index contributed by atoms with van der Waals surface area (Å²) in [5, 5.41) is 8.94. The predicted molar refractivity (Wildman–Crippen MR) is 62.9 cm³/mol. The minimum absolute atomic E-state index is 0.409. The number of aliphatic imine (C=N–C) groups is 1. The molecule has 1 heterocycles. The molecule has 4 nitrogen and oxygen atoms in total. The number of nitrogens with zero attached hydrogens (tertiary/aromatic N) is 3. The number of benzene rings is 1. The van der Waals surface area contributed by atoms with E-state index in [9.17, 15) is 4.21 Å². The van der Waals surface area contributed by atoms with E-state index in [1.54, 1.807) is 6.19 Å². The van der Waals surface area contributed by atoms with Crippen LogP contribution in [0.1, 0.15) is 5.56 Å². The highest BCUT2D eigenvalue weighted by molar-refractivity contribution is 8.00. The zero-order valence-corrected chi connectivity index (χ0v) is 9.48. The minimum Gasteiger partial charge on any atom is -0.343 e. The Balaban J connectivity index is 2.15. The molecule has 5 heteroatoms. The summed E-state index contributed by atoms with van der Waals surface area (Å²) in [6.07, 6.45) is 1.71. The molecule has 1 unspecified atom stereocenters. The Morgan fingerprint density at radius 1 is 1.44 bits per heavy atom. The lowest BCUT2D eigenvalue weighted by atomic mass is 10.2. The monoisotopic (exact) mass is 233 g/mol. The van der Waals surface area contributed by atoms with Gasteiger partial charge in [0.2, 0.25) is 11.4 Å². The van der Waals surface area contributed by atoms with Crippen LogP contribution >= 0.6 is 0 Å². The summed E-state index contributed by atoms with van der Waals surface area (Å²) in [7, 11) is -1.11. The molecule has 0 spiro atoms. The molecule has 0 bridgehead atoms. The van der Waals surface area contributed by atoms with Crippen LogP contribution in [0.15, 0.2) is 35.3 Å². The highest BCUT2D eigenvalue weighted by Gasteiger charge is 2.25. The summed E-state index contributed by atoms with van der Waals surface area (Å²) in [6, 6.07) is 9.89. The average molecular weight is 233 g/mol. The summed E-state index contributed by atoms with van der Waals surface area (Å²) in [4.78, 5) is 5.53. The third kappa shape index (κ3) is 2.28. The normalized spacial score (nSPS) is 22.3. The van der Waals surface area contributed by atoms with E-state index in [1.807, 2.05) is 35.2 Å². The van der Waals surface area contributed by atoms with Crippen LogP contribution in [0.25, 0.3) is 0 Å². The van der Waals surface area contributed by atoms with Gasteiger partial charge in [-0.2, -0.15) is 5.26 Å². The Hall–Kier alpha value is -1.67. The lowest BCUT2D eigenvalue weighted by Gasteiger charge is -2.16. The highest BCUT2D eigenvalue weighted by Crippen LogP contribution is 2.12. The van der Waals surface area contributed by atoms with Crippen LogP contribution in [0.3, 0.4) is 0 Å². The fourth-order valence-corrected chi connectivity index (χ4v) is 2.79. The van der Waals surface area contributed by atoms with E-state index in [-0.39, 0.29) is 0 Å². The van der Waals surface area contributed by atoms with Crippen molar-refractivity contribution in [2.45, 2.75) is 6.54 Å². The first-order valence-electron chi connectivity index (χ1n) is 4.95. The number of nitriles is 1. The summed E-state index contributed by atoms with van der Waals surface area (Å²) in [5.41, 5.74) is 1.13. The van der Waals surface area contributed by atoms with Gasteiger partial charge >= 0.3 is 0 Å². The first-order valence-corrected chi connectivity index (χ1v) is 6.27. The maximum atomic E-state index is 11.6. The topological polar surface area (TPSA) is 56.5 Å². The maximum Gasteiger partial charge on any atom is 0.208 e. The Bertz CT molecular complexity index is 464. The zero-order chi connectivity index (χ0) is 11.4. The summed E-state index contributed by atoms with van der Waals surface area (Å²) < 4.78 is 11.6. The molecule has 1 fully saturated rings. The molecule has 0 amide bonds. The van der Waals surface area contributed by atoms with Gasteiger partial charge in [-0.25, -0.2) is 0 Å². The van der Waals surface area contributed by atoms with Gasteiger partial charge in [0, 0.05) is 18.8 Å². The van der Waals surface area contributed by atoms with Crippen LogP contribution in [0.4, 0.5) is 0 Å². The van der Waals surface area contributed by atoms with Gasteiger partial charge in [0.15, 0.2) is 0 Å². The van der Waals surface area contributed by atoms with Crippen LogP contribution < -0.4 is 0 Å². The SMILES string of the molecule is N#CN=C1N(Cc2ccccc2)CCS1=O. The van der Waals surface area contributed by atoms with Crippen molar-refractivity contribution < 1.29 is 4.21 Å². The minimum atomic E-state index is -1.11. The molecule has 1 aromatic carbocycles. The van der Waals surface area contributed by atoms with Crippen LogP contribution in [0.2, 0.25) is 0 Å². The number of hydrogen-bond donors (Lipinski definition) is 0. The van der Waals surface area contributed by atoms with Gasteiger partial charge in [-0.05, 0) is 5.56 Å². The van der Waals surface area contributed by atoms with Crippen molar-refractivity contribution in [3.8, 4) is 6.19 Å². The first-order chi connectivity index (χ1) is 7.81. The molecular formula is C11H11N3OS. The van der Waals surface area contributed by atoms with Crippen LogP contribution in [0, 0.1) is 11.5 Å². The fourth-order valence-electron chi connectivity index (χ4n) is 1.64. The van der Waals surface area contributed by atoms with Gasteiger partial charge in [-0.1, -0.05) is 30.3 Å². The molecule has 0 saturated carbocycles. The zero-order valence-electron chi connectivity index (χ0n) is 8.67. The standard InChI is InChI=1S/C11H11N3OS/c12-9-13-11-14(6-7-16(11)15)8-10-4-2-1-3-5-10/h1-5H,6-8H2. The molecular weight excluding hydrogens is 222 g/mol. The van der Waals surface area contributed by atoms with Gasteiger partial charge in [0.25, 0.3) is 0 Å². The van der Waals surface area contributed by atoms with Crippen LogP contribution in [-0.4, -0.2) is 26.6 Å². The van der Waals surface area contributed by atoms with Crippen molar-refractivity contribution in [1.29, 1.82) is 5.26 Å². The summed E-state index contributed by atoms with van der Waals surface area (Å²) >= 11 is 0. The Kier molecular flexibility index (Phi) is 3.32. The smallest absolute Gasteiger partial charge is 0.208 e. The summed E-state index contributed by atoms with van der Waals surface area (Å²) in [6.45, 7) is 1.36. The molecule has 16 heavy (non-hydrogen) atoms. The largest absolute Gasteiger partial charge is 0.343 e. The average Bonchev–Trinajstić information content (AvgIpc) is 2.64. The van der Waals surface area contributed by atoms with E-state index in [1.165, 1.54) is 0 Å². The molecule has 0 aromatic heterocycles. The van der Waals surface area contributed by atoms with E-state index in [2.05, 4.69) is 4.99 Å². The molecule has 1 saturated heterocycles. The Morgan fingerprint density at radius 3 is 2.88 bits per heavy atom. The Morgan fingerprint density at radius 2 is 2.19 bits per heavy atom. The molecule has 1 aromatic rings. The summed E-state index contributed by atoms with van der Waals surface area (Å²) in [5.74, 6) is 0.563. The third-order valence-electron chi connectivity index (χ3n) is 2.38. The van der Waals surface area contributed by atoms with Crippen molar-refractivity contribution in [3.63, 3.8) is 0 Å². The quantitative estimate of drug-likeness (QED) is 0.718. The second kappa shape index (κ2) is 4.90. The molecule has 1 aliphatic heterocycles. The van der Waals surface area contributed by atoms with Gasteiger partial charge < -0.3 is 4.90 Å². The molecule has 0 N–H and O–H groups in total. The third-order valence-corrected chi connectivity index (χ3v) is 3.69. The van der Waals surface area contributed by atoms with Gasteiger partial charge in [0.05, 0.1) is 10.8 Å². The second-order valence-corrected chi connectivity index (χ2v) is 4.92. The number of amidine groups is 1. The molecule has 1 atom stereocenters. The Labute approximate surface area is 96.7 Å². The maximum absolute atomic E-state index is 11.6. The first kappa shape index (κ1) is 10.8. The van der Waals surface area contributed by atoms with E-state index in [0.717, 1.165) is 5.56 Å². The highest BCUT2D eigenvalue weighted by atomic mass is 32.2. The lowest BCUT2D eigenvalue weighted by Crippen LogP contribution is -2.25. The van der Waals surface area contributed by atoms with Crippen molar-refractivity contribution in [2.75, 3.05) is 12.3 Å². The van der Waals surface area contributed by atoms with Gasteiger partial charge in [-0.15, -0.1) is 4.99 Å².